The molecule has 4 aromatic carbocycles. The van der Waals surface area contributed by atoms with E-state index in [1.807, 2.05) is 30.3 Å². The summed E-state index contributed by atoms with van der Waals surface area (Å²) in [5.74, 6) is -23.1. The number of nitrogens with two attached hydrogens (primary N) is 4. The molecule has 2 aliphatic rings. The van der Waals surface area contributed by atoms with Crippen LogP contribution in [0.2, 0.25) is 0 Å². The number of aromatic nitrogens is 1. The monoisotopic (exact) mass is 2020 g/mol. The van der Waals surface area contributed by atoms with Gasteiger partial charge in [-0.25, -0.2) is 0 Å². The lowest BCUT2D eigenvalue weighted by Gasteiger charge is -2.31. The molecule has 2 heterocycles. The highest BCUT2D eigenvalue weighted by Gasteiger charge is 2.42. The van der Waals surface area contributed by atoms with Crippen molar-refractivity contribution >= 4 is 135 Å². The third-order valence-corrected chi connectivity index (χ3v) is 25.9. The number of amides is 16. The molecule has 2 fully saturated rings. The number of primary amides is 1. The minimum Gasteiger partial charge on any atom is -0.481 e. The second-order valence-corrected chi connectivity index (χ2v) is 39.3. The van der Waals surface area contributed by atoms with Crippen LogP contribution in [0, 0.1) is 35.0 Å². The predicted octanol–water partition coefficient (Wildman–Crippen LogP) is -0.0149. The minimum atomic E-state index is -2.10. The number of carbonyl (C=O) groups is 18. The Labute approximate surface area is 842 Å². The van der Waals surface area contributed by atoms with E-state index in [4.69, 9.17) is 28.3 Å². The maximum absolute atomic E-state index is 15.5. The summed E-state index contributed by atoms with van der Waals surface area (Å²) in [7, 11) is 0. The first-order chi connectivity index (χ1) is 68.3. The fraction of sp³-hybridized carbons (Fsp3) is 0.550. The SMILES string of the molecule is CC(C)C[C@H]1NC(=O)[C@H](CCCN)NC(=O)[C@H](C(C)C)NC(=O)[C@H](Cc2ccc(-c3ccccc3)cc2)NC(=O)[C@H](C(C)C)NC(=O)[C@H](Cc2c[nH]c3ccccc23)NC(=O)[C@H](CC(=O)O)NC(=O)[C@H](Cc2ccc(CCC(=O)O)cc2)NC(=O)[C@H](CCCCNC(=N)N)NC(=O)CSC[C@@H](C(=O)N[C@@H](C)C(N)=O)NC(=O)[C@H]([C@@H](C)O)NC(=O)[C@H](C(C)C)NC(=O)[C@H](CC2CCCCC2)NC(=O)[C@H](CCN)NC1=O. The standard InChI is InChI=1S/C100H146N22O21S/c1-53(2)44-71-89(133)110-70(40-42-102)88(132)114-73(45-60-22-13-11-14-23-60)92(136)121-83(56(7)8)98(142)122-84(58(10)123)99(143)118-77(95(139)108-57(9)85(103)129)51-144-52-78(124)109-68(28-19-20-43-106-100(104)105)86(130)113-72(46-61-32-30-59(31-33-61)36-39-79(125)126)90(134)116-76(49-80(127)128)91(135)115-75(48-65-50-107-67-27-18-17-26-66(65)67)94(138)120-82(55(5)6)97(141)117-74(47-62-34-37-64(38-35-62)63-24-15-12-16-25-63)93(137)119-81(54(3)4)96(140)111-69(29-21-41-101)87(131)112-71/h12,15-18,24-27,30-35,37-38,50,53-58,60,68-77,81-84,107,123H,11,13-14,19-23,28-29,36,39-49,51-52,101-102H2,1-10H3,(H2,103,129)(H,108,139)(H,109,124)(H,110,133)(H,111,140)(H,112,131)(H,113,130)(H,114,132)(H,115,135)(H,116,134)(H,117,141)(H,118,143)(H,119,137)(H,120,138)(H,121,136)(H,122,142)(H,125,126)(H,127,128)(H4,104,105,106)/t57-,58+,68-,69-,70-,71+,72-,73-,74-,75-,76-,77-,81-,82-,83-,84-/m0/s1. The molecule has 0 spiro atoms. The molecule has 788 valence electrons. The van der Waals surface area contributed by atoms with Crippen LogP contribution in [0.5, 0.6) is 0 Å². The second kappa shape index (κ2) is 58.8. The summed E-state index contributed by atoms with van der Waals surface area (Å²) in [5.41, 5.74) is 27.4. The van der Waals surface area contributed by atoms with E-state index >= 15 is 38.4 Å². The van der Waals surface area contributed by atoms with Gasteiger partial charge >= 0.3 is 11.9 Å². The molecule has 16 atom stereocenters. The first kappa shape index (κ1) is 117. The van der Waals surface area contributed by atoms with Crippen molar-refractivity contribution in [2.24, 2.45) is 52.5 Å². The number of benzene rings is 4. The Kier molecular flexibility index (Phi) is 47.9. The lowest BCUT2D eigenvalue weighted by Crippen LogP contribution is -2.63. The number of nitrogens with one attached hydrogen (secondary N) is 18. The van der Waals surface area contributed by atoms with Crippen molar-refractivity contribution in [3.05, 3.63) is 132 Å². The van der Waals surface area contributed by atoms with Gasteiger partial charge < -0.3 is 128 Å². The first-order valence-corrected chi connectivity index (χ1v) is 50.3. The zero-order valence-corrected chi connectivity index (χ0v) is 84.2. The van der Waals surface area contributed by atoms with Crippen LogP contribution in [-0.2, 0) is 112 Å². The number of H-pyrrole nitrogens is 1. The van der Waals surface area contributed by atoms with Crippen LogP contribution in [0.25, 0.3) is 22.0 Å². The number of hydrogen-bond donors (Lipinski definition) is 25. The summed E-state index contributed by atoms with van der Waals surface area (Å²) in [6.45, 7) is 15.3. The fourth-order valence-electron chi connectivity index (χ4n) is 16.7. The molecule has 0 unspecified atom stereocenters. The van der Waals surface area contributed by atoms with Gasteiger partial charge in [0.2, 0.25) is 94.5 Å². The number of hydrogen-bond acceptors (Lipinski definition) is 23. The largest absolute Gasteiger partial charge is 0.481 e. The Morgan fingerprint density at radius 2 is 0.882 bits per heavy atom. The zero-order chi connectivity index (χ0) is 106. The van der Waals surface area contributed by atoms with Gasteiger partial charge in [-0.05, 0) is 154 Å². The summed E-state index contributed by atoms with van der Waals surface area (Å²) < 4.78 is 0. The molecule has 1 aliphatic heterocycles. The predicted molar refractivity (Wildman–Crippen MR) is 540 cm³/mol. The van der Waals surface area contributed by atoms with Gasteiger partial charge in [-0.1, -0.05) is 185 Å². The van der Waals surface area contributed by atoms with E-state index < -0.39 is 245 Å². The fourth-order valence-corrected chi connectivity index (χ4v) is 17.6. The summed E-state index contributed by atoms with van der Waals surface area (Å²) in [6.07, 6.45) is 1.13. The third kappa shape index (κ3) is 38.6. The first-order valence-electron chi connectivity index (χ1n) is 49.1. The van der Waals surface area contributed by atoms with Gasteiger partial charge in [0.15, 0.2) is 5.96 Å². The highest BCUT2D eigenvalue weighted by atomic mass is 32.2. The maximum Gasteiger partial charge on any atom is 0.305 e. The molecule has 1 saturated carbocycles. The average molecular weight is 2020 g/mol. The van der Waals surface area contributed by atoms with E-state index in [1.54, 1.807) is 122 Å². The average Bonchev–Trinajstić information content (AvgIpc) is 1.76. The Morgan fingerprint density at radius 1 is 0.444 bits per heavy atom. The molecule has 5 aromatic rings. The van der Waals surface area contributed by atoms with Gasteiger partial charge in [0.1, 0.15) is 90.6 Å². The topological polar surface area (TPSA) is 704 Å². The number of aryl methyl sites for hydroxylation is 1. The van der Waals surface area contributed by atoms with Crippen LogP contribution >= 0.6 is 11.8 Å². The number of para-hydroxylation sites is 1. The van der Waals surface area contributed by atoms with Gasteiger partial charge in [0.25, 0.3) is 0 Å². The lowest BCUT2D eigenvalue weighted by atomic mass is 9.84. The molecule has 29 N–H and O–H groups in total. The van der Waals surface area contributed by atoms with Gasteiger partial charge in [-0.3, -0.25) is 91.7 Å². The van der Waals surface area contributed by atoms with E-state index in [0.717, 1.165) is 37.3 Å². The van der Waals surface area contributed by atoms with Gasteiger partial charge in [-0.15, -0.1) is 11.8 Å². The Balaban J connectivity index is 1.35. The molecule has 7 rings (SSSR count). The van der Waals surface area contributed by atoms with Crippen LogP contribution in [0.4, 0.5) is 0 Å². The molecule has 1 saturated heterocycles. The normalized spacial score (nSPS) is 23.6. The van der Waals surface area contributed by atoms with Crippen molar-refractivity contribution in [2.75, 3.05) is 31.1 Å². The lowest BCUT2D eigenvalue weighted by molar-refractivity contribution is -0.141. The number of thioether (sulfide) groups is 1. The van der Waals surface area contributed by atoms with Crippen LogP contribution in [0.1, 0.15) is 188 Å². The molecule has 16 amide bonds. The highest BCUT2D eigenvalue weighted by Crippen LogP contribution is 2.29. The van der Waals surface area contributed by atoms with Crippen molar-refractivity contribution in [1.82, 2.24) is 90.1 Å². The molecule has 1 aliphatic carbocycles. The Bertz CT molecular complexity index is 5210. The molecule has 1 aromatic heterocycles. The summed E-state index contributed by atoms with van der Waals surface area (Å²) >= 11 is 0.700. The van der Waals surface area contributed by atoms with E-state index in [9.17, 15) is 63.3 Å². The molecule has 43 nitrogen and oxygen atoms in total. The molecular weight excluding hydrogens is 1880 g/mol. The van der Waals surface area contributed by atoms with Gasteiger partial charge in [0, 0.05) is 55.1 Å². The summed E-state index contributed by atoms with van der Waals surface area (Å²) in [6, 6.07) is 5.41. The van der Waals surface area contributed by atoms with E-state index in [2.05, 4.69) is 90.1 Å². The number of rotatable bonds is 33. The number of fused-ring (bicyclic) bond motifs is 1. The van der Waals surface area contributed by atoms with Crippen molar-refractivity contribution in [3.63, 3.8) is 0 Å². The van der Waals surface area contributed by atoms with E-state index in [-0.39, 0.29) is 114 Å². The van der Waals surface area contributed by atoms with Crippen LogP contribution in [0.3, 0.4) is 0 Å². The summed E-state index contributed by atoms with van der Waals surface area (Å²) in [4.78, 5) is 265. The number of unbranched alkanes of at least 4 members (excludes halogenated alkanes) is 1. The van der Waals surface area contributed by atoms with Gasteiger partial charge in [0.05, 0.1) is 18.3 Å². The molecule has 0 radical (unpaired) electrons. The number of aliphatic hydroxyl groups excluding tert-OH is 1. The molecule has 144 heavy (non-hydrogen) atoms. The van der Waals surface area contributed by atoms with Gasteiger partial charge in [-0.2, -0.15) is 0 Å². The Hall–Kier alpha value is -13.6. The van der Waals surface area contributed by atoms with Crippen LogP contribution in [0.15, 0.2) is 109 Å². The number of aromatic amines is 1. The van der Waals surface area contributed by atoms with Crippen molar-refractivity contribution in [1.29, 1.82) is 5.41 Å². The van der Waals surface area contributed by atoms with E-state index in [1.165, 1.54) is 19.1 Å². The molecule has 44 heteroatoms. The number of aliphatic carboxylic acids is 2. The maximum atomic E-state index is 15.5. The number of carboxylic acids is 2. The number of aliphatic hydroxyl groups is 1. The highest BCUT2D eigenvalue weighted by molar-refractivity contribution is 8.00. The van der Waals surface area contributed by atoms with Crippen LogP contribution < -0.4 is 108 Å². The minimum absolute atomic E-state index is 0.0197. The number of carbonyl (C=O) groups excluding carboxylic acids is 16. The van der Waals surface area contributed by atoms with Crippen molar-refractivity contribution < 1.29 is 102 Å². The Morgan fingerprint density at radius 3 is 1.42 bits per heavy atom. The number of carboxylic acid groups (broad SMARTS) is 2. The van der Waals surface area contributed by atoms with E-state index in [0.29, 0.717) is 57.8 Å². The third-order valence-electron chi connectivity index (χ3n) is 24.9. The molecule has 0 bridgehead atoms. The van der Waals surface area contributed by atoms with Crippen molar-refractivity contribution in [2.45, 2.75) is 288 Å². The second-order valence-electron chi connectivity index (χ2n) is 38.3. The smallest absolute Gasteiger partial charge is 0.305 e. The molecular formula is C100H146N22O21S. The number of guanidine groups is 1. The summed E-state index contributed by atoms with van der Waals surface area (Å²) in [5, 5.41) is 82.2. The zero-order valence-electron chi connectivity index (χ0n) is 83.4. The van der Waals surface area contributed by atoms with Crippen molar-refractivity contribution in [3.8, 4) is 11.1 Å². The van der Waals surface area contributed by atoms with Crippen LogP contribution in [-0.4, -0.2) is 261 Å². The quantitative estimate of drug-likeness (QED) is 0.0149.